The van der Waals surface area contributed by atoms with Crippen molar-refractivity contribution in [3.05, 3.63) is 75.3 Å². The third kappa shape index (κ3) is 3.87. The number of nitro groups is 1. The predicted molar refractivity (Wildman–Crippen MR) is 103 cm³/mol. The molecule has 1 aliphatic rings. The van der Waals surface area contributed by atoms with Gasteiger partial charge in [-0.15, -0.1) is 0 Å². The highest BCUT2D eigenvalue weighted by Crippen LogP contribution is 2.29. The van der Waals surface area contributed by atoms with Gasteiger partial charge in [-0.25, -0.2) is 4.79 Å². The summed E-state index contributed by atoms with van der Waals surface area (Å²) in [6.45, 7) is 3.42. The Morgan fingerprint density at radius 1 is 1.10 bits per heavy atom. The van der Waals surface area contributed by atoms with Crippen LogP contribution in [-0.4, -0.2) is 33.6 Å². The minimum absolute atomic E-state index is 0.114. The Bertz CT molecular complexity index is 952. The Kier molecular flexibility index (Phi) is 5.72. The van der Waals surface area contributed by atoms with Crippen molar-refractivity contribution in [2.24, 2.45) is 5.92 Å². The van der Waals surface area contributed by atoms with E-state index in [0.29, 0.717) is 12.0 Å². The van der Waals surface area contributed by atoms with Crippen LogP contribution in [0.4, 0.5) is 5.69 Å². The molecule has 0 N–H and O–H groups in total. The summed E-state index contributed by atoms with van der Waals surface area (Å²) in [6.07, 6.45) is 0.546. The Morgan fingerprint density at radius 2 is 1.72 bits per heavy atom. The van der Waals surface area contributed by atoms with E-state index in [4.69, 9.17) is 4.74 Å². The quantitative estimate of drug-likeness (QED) is 0.307. The molecule has 0 bridgehead atoms. The summed E-state index contributed by atoms with van der Waals surface area (Å²) < 4.78 is 5.35. The van der Waals surface area contributed by atoms with Gasteiger partial charge in [0, 0.05) is 12.1 Å². The van der Waals surface area contributed by atoms with Gasteiger partial charge in [0.25, 0.3) is 17.5 Å². The summed E-state index contributed by atoms with van der Waals surface area (Å²) in [5.74, 6) is -2.10. The summed E-state index contributed by atoms with van der Waals surface area (Å²) in [5, 5.41) is 10.9. The number of ether oxygens (including phenoxy) is 1. The van der Waals surface area contributed by atoms with E-state index in [1.807, 2.05) is 6.92 Å². The molecule has 8 heteroatoms. The van der Waals surface area contributed by atoms with Crippen molar-refractivity contribution in [2.75, 3.05) is 0 Å². The molecule has 2 amide bonds. The van der Waals surface area contributed by atoms with Crippen LogP contribution in [0.15, 0.2) is 48.5 Å². The van der Waals surface area contributed by atoms with Crippen LogP contribution >= 0.6 is 0 Å². The van der Waals surface area contributed by atoms with Crippen LogP contribution in [0.5, 0.6) is 0 Å². The number of imide groups is 1. The SMILES string of the molecule is CC[C@@H](C)[C@@H](C(=O)OCc1cccc([N+](=O)[O-])c1)N1C(=O)c2ccccc2C1=O. The van der Waals surface area contributed by atoms with Crippen molar-refractivity contribution in [2.45, 2.75) is 32.9 Å². The van der Waals surface area contributed by atoms with E-state index in [1.54, 1.807) is 37.3 Å². The first-order valence-electron chi connectivity index (χ1n) is 9.22. The van der Waals surface area contributed by atoms with Crippen LogP contribution in [0.1, 0.15) is 46.5 Å². The Labute approximate surface area is 167 Å². The van der Waals surface area contributed by atoms with Gasteiger partial charge in [0.05, 0.1) is 16.1 Å². The lowest BCUT2D eigenvalue weighted by molar-refractivity contribution is -0.384. The van der Waals surface area contributed by atoms with Gasteiger partial charge >= 0.3 is 5.97 Å². The van der Waals surface area contributed by atoms with Crippen LogP contribution in [0.2, 0.25) is 0 Å². The maximum absolute atomic E-state index is 12.9. The molecule has 0 fully saturated rings. The molecule has 8 nitrogen and oxygen atoms in total. The van der Waals surface area contributed by atoms with Gasteiger partial charge in [-0.05, 0) is 23.6 Å². The van der Waals surface area contributed by atoms with E-state index in [0.717, 1.165) is 4.90 Å². The van der Waals surface area contributed by atoms with Gasteiger partial charge in [-0.2, -0.15) is 0 Å². The molecule has 150 valence electrons. The number of amides is 2. The van der Waals surface area contributed by atoms with E-state index in [9.17, 15) is 24.5 Å². The molecular formula is C21H20N2O6. The number of fused-ring (bicyclic) bond motifs is 1. The number of carbonyl (C=O) groups is 3. The van der Waals surface area contributed by atoms with Gasteiger partial charge in [0.1, 0.15) is 12.6 Å². The molecule has 0 aromatic heterocycles. The summed E-state index contributed by atoms with van der Waals surface area (Å²) in [5.41, 5.74) is 0.852. The largest absolute Gasteiger partial charge is 0.459 e. The third-order valence-electron chi connectivity index (χ3n) is 5.03. The third-order valence-corrected chi connectivity index (χ3v) is 5.03. The zero-order valence-electron chi connectivity index (χ0n) is 16.0. The average molecular weight is 396 g/mol. The lowest BCUT2D eigenvalue weighted by atomic mass is 9.97. The van der Waals surface area contributed by atoms with Crippen molar-refractivity contribution < 1.29 is 24.0 Å². The molecule has 0 saturated carbocycles. The van der Waals surface area contributed by atoms with Gasteiger partial charge in [-0.1, -0.05) is 44.5 Å². The fourth-order valence-electron chi connectivity index (χ4n) is 3.28. The number of rotatable bonds is 7. The van der Waals surface area contributed by atoms with Crippen molar-refractivity contribution in [3.63, 3.8) is 0 Å². The molecule has 0 spiro atoms. The fourth-order valence-corrected chi connectivity index (χ4v) is 3.28. The Hall–Kier alpha value is -3.55. The summed E-state index contributed by atoms with van der Waals surface area (Å²) in [4.78, 5) is 49.8. The van der Waals surface area contributed by atoms with Crippen molar-refractivity contribution in [1.29, 1.82) is 0 Å². The van der Waals surface area contributed by atoms with Gasteiger partial charge in [0.2, 0.25) is 0 Å². The molecule has 2 aromatic rings. The molecule has 1 aliphatic heterocycles. The number of hydrogen-bond acceptors (Lipinski definition) is 6. The van der Waals surface area contributed by atoms with Crippen LogP contribution < -0.4 is 0 Å². The molecule has 3 rings (SSSR count). The molecule has 0 saturated heterocycles. The second-order valence-corrected chi connectivity index (χ2v) is 6.89. The van der Waals surface area contributed by atoms with Gasteiger partial charge in [0.15, 0.2) is 0 Å². The molecule has 2 atom stereocenters. The molecule has 1 heterocycles. The lowest BCUT2D eigenvalue weighted by Gasteiger charge is -2.28. The number of esters is 1. The summed E-state index contributed by atoms with van der Waals surface area (Å²) in [7, 11) is 0. The highest BCUT2D eigenvalue weighted by atomic mass is 16.6. The molecule has 2 aromatic carbocycles. The zero-order chi connectivity index (χ0) is 21.1. The second-order valence-electron chi connectivity index (χ2n) is 6.89. The molecule has 29 heavy (non-hydrogen) atoms. The number of nitrogens with zero attached hydrogens (tertiary/aromatic N) is 2. The van der Waals surface area contributed by atoms with E-state index < -0.39 is 28.7 Å². The summed E-state index contributed by atoms with van der Waals surface area (Å²) >= 11 is 0. The minimum atomic E-state index is -1.08. The first-order valence-corrected chi connectivity index (χ1v) is 9.22. The molecule has 0 radical (unpaired) electrons. The normalized spacial score (nSPS) is 15.0. The molecule has 0 unspecified atom stereocenters. The van der Waals surface area contributed by atoms with Gasteiger partial charge in [-0.3, -0.25) is 24.6 Å². The number of nitro benzene ring substituents is 1. The minimum Gasteiger partial charge on any atom is -0.459 e. The van der Waals surface area contributed by atoms with Gasteiger partial charge < -0.3 is 4.74 Å². The number of carbonyl (C=O) groups excluding carboxylic acids is 3. The van der Waals surface area contributed by atoms with Crippen molar-refractivity contribution >= 4 is 23.5 Å². The average Bonchev–Trinajstić information content (AvgIpc) is 2.98. The standard InChI is InChI=1S/C21H20N2O6/c1-3-13(2)18(22-19(24)16-9-4-5-10-17(16)20(22)25)21(26)29-12-14-7-6-8-15(11-14)23(27)28/h4-11,13,18H,3,12H2,1-2H3/t13-,18+/m1/s1. The number of benzene rings is 2. The molecule has 0 aliphatic carbocycles. The highest BCUT2D eigenvalue weighted by Gasteiger charge is 2.45. The van der Waals surface area contributed by atoms with E-state index in [-0.39, 0.29) is 29.3 Å². The van der Waals surface area contributed by atoms with Crippen LogP contribution in [0, 0.1) is 16.0 Å². The molecular weight excluding hydrogens is 376 g/mol. The lowest BCUT2D eigenvalue weighted by Crippen LogP contribution is -2.49. The second kappa shape index (κ2) is 8.22. The summed E-state index contributed by atoms with van der Waals surface area (Å²) in [6, 6.07) is 11.1. The van der Waals surface area contributed by atoms with Crippen LogP contribution in [-0.2, 0) is 16.1 Å². The van der Waals surface area contributed by atoms with Crippen molar-refractivity contribution in [1.82, 2.24) is 4.90 Å². The van der Waals surface area contributed by atoms with E-state index in [1.165, 1.54) is 18.2 Å². The monoisotopic (exact) mass is 396 g/mol. The van der Waals surface area contributed by atoms with E-state index in [2.05, 4.69) is 0 Å². The fraction of sp³-hybridized carbons (Fsp3) is 0.286. The smallest absolute Gasteiger partial charge is 0.329 e. The predicted octanol–water partition coefficient (Wildman–Crippen LogP) is 3.35. The van der Waals surface area contributed by atoms with Crippen LogP contribution in [0.25, 0.3) is 0 Å². The first kappa shape index (κ1) is 20.2. The number of hydrogen-bond donors (Lipinski definition) is 0. The Morgan fingerprint density at radius 3 is 2.28 bits per heavy atom. The van der Waals surface area contributed by atoms with Crippen LogP contribution in [0.3, 0.4) is 0 Å². The van der Waals surface area contributed by atoms with E-state index >= 15 is 0 Å². The topological polar surface area (TPSA) is 107 Å². The first-order chi connectivity index (χ1) is 13.8. The zero-order valence-corrected chi connectivity index (χ0v) is 16.0. The Balaban J connectivity index is 1.82. The maximum atomic E-state index is 12.9. The van der Waals surface area contributed by atoms with Crippen molar-refractivity contribution in [3.8, 4) is 0 Å². The highest BCUT2D eigenvalue weighted by molar-refractivity contribution is 6.22. The number of non-ortho nitro benzene ring substituents is 1. The maximum Gasteiger partial charge on any atom is 0.329 e.